The Balaban J connectivity index is 1.35. The van der Waals surface area contributed by atoms with Gasteiger partial charge in [0.25, 0.3) is 5.91 Å². The minimum atomic E-state index is -0.167. The Hall–Kier alpha value is -2.47. The average Bonchev–Trinajstić information content (AvgIpc) is 3.19. The number of amides is 1. The van der Waals surface area contributed by atoms with E-state index in [1.54, 1.807) is 13.1 Å². The molecule has 0 aliphatic carbocycles. The number of halogens is 1. The molecule has 0 radical (unpaired) electrons. The fourth-order valence-corrected chi connectivity index (χ4v) is 4.03. The normalized spacial score (nSPS) is 19.9. The van der Waals surface area contributed by atoms with Crippen LogP contribution < -0.4 is 4.90 Å². The van der Waals surface area contributed by atoms with Crippen molar-refractivity contribution in [2.75, 3.05) is 44.3 Å². The zero-order valence-electron chi connectivity index (χ0n) is 16.2. The molecule has 2 saturated heterocycles. The summed E-state index contributed by atoms with van der Waals surface area (Å²) in [5.74, 6) is 1.18. The van der Waals surface area contributed by atoms with Gasteiger partial charge in [-0.2, -0.15) is 0 Å². The first kappa shape index (κ1) is 18.9. The molecule has 2 aliphatic rings. The van der Waals surface area contributed by atoms with E-state index in [2.05, 4.69) is 9.88 Å². The van der Waals surface area contributed by atoms with Crippen molar-refractivity contribution in [3.8, 4) is 0 Å². The van der Waals surface area contributed by atoms with Crippen LogP contribution in [-0.2, 0) is 11.2 Å². The number of carbonyl (C=O) groups excluding carboxylic acids is 1. The van der Waals surface area contributed by atoms with E-state index >= 15 is 0 Å². The summed E-state index contributed by atoms with van der Waals surface area (Å²) in [5, 5.41) is 0. The summed E-state index contributed by atoms with van der Waals surface area (Å²) in [4.78, 5) is 21.4. The number of hydrogen-bond donors (Lipinski definition) is 0. The standard InChI is InChI=1S/C22H26FN3O2/c1-16-12-17(2-4-20(16)23)13-18-6-7-26(15-18)22(27)19-3-5-21(24-14-19)25-8-10-28-11-9-25/h2-5,12,14,18H,6-11,13,15H2,1H3. The molecule has 0 saturated carbocycles. The van der Waals surface area contributed by atoms with Gasteiger partial charge in [0.1, 0.15) is 11.6 Å². The van der Waals surface area contributed by atoms with E-state index in [9.17, 15) is 9.18 Å². The number of hydrogen-bond acceptors (Lipinski definition) is 4. The Morgan fingerprint density at radius 2 is 2.04 bits per heavy atom. The number of aryl methyl sites for hydroxylation is 1. The molecule has 1 atom stereocenters. The van der Waals surface area contributed by atoms with Crippen LogP contribution in [0.2, 0.25) is 0 Å². The number of aromatic nitrogens is 1. The van der Waals surface area contributed by atoms with Crippen LogP contribution >= 0.6 is 0 Å². The fraction of sp³-hybridized carbons (Fsp3) is 0.455. The highest BCUT2D eigenvalue weighted by Crippen LogP contribution is 2.24. The molecule has 4 rings (SSSR count). The molecule has 3 heterocycles. The lowest BCUT2D eigenvalue weighted by atomic mass is 9.97. The van der Waals surface area contributed by atoms with E-state index in [-0.39, 0.29) is 11.7 Å². The Morgan fingerprint density at radius 3 is 2.75 bits per heavy atom. The third-order valence-corrected chi connectivity index (χ3v) is 5.65. The SMILES string of the molecule is Cc1cc(CC2CCN(C(=O)c3ccc(N4CCOCC4)nc3)C2)ccc1F. The Kier molecular flexibility index (Phi) is 5.57. The second-order valence-electron chi connectivity index (χ2n) is 7.70. The molecule has 0 bridgehead atoms. The van der Waals surface area contributed by atoms with Gasteiger partial charge in [0.2, 0.25) is 0 Å². The summed E-state index contributed by atoms with van der Waals surface area (Å²) >= 11 is 0. The Labute approximate surface area is 165 Å². The molecule has 1 amide bonds. The molecule has 1 aromatic heterocycles. The quantitative estimate of drug-likeness (QED) is 0.814. The molecule has 2 aromatic rings. The van der Waals surface area contributed by atoms with Crippen LogP contribution in [0.5, 0.6) is 0 Å². The lowest BCUT2D eigenvalue weighted by molar-refractivity contribution is 0.0786. The summed E-state index contributed by atoms with van der Waals surface area (Å²) < 4.78 is 18.8. The highest BCUT2D eigenvalue weighted by Gasteiger charge is 2.27. The van der Waals surface area contributed by atoms with Gasteiger partial charge in [0, 0.05) is 32.4 Å². The predicted octanol–water partition coefficient (Wildman–Crippen LogP) is 3.07. The van der Waals surface area contributed by atoms with Crippen LogP contribution in [0.25, 0.3) is 0 Å². The smallest absolute Gasteiger partial charge is 0.255 e. The van der Waals surface area contributed by atoms with Crippen LogP contribution in [-0.4, -0.2) is 55.2 Å². The van der Waals surface area contributed by atoms with E-state index in [4.69, 9.17) is 4.74 Å². The first-order valence-corrected chi connectivity index (χ1v) is 9.93. The molecule has 148 valence electrons. The van der Waals surface area contributed by atoms with E-state index in [0.29, 0.717) is 30.3 Å². The highest BCUT2D eigenvalue weighted by atomic mass is 19.1. The molecule has 0 spiro atoms. The first-order chi connectivity index (χ1) is 13.6. The van der Waals surface area contributed by atoms with Crippen LogP contribution in [0.3, 0.4) is 0 Å². The van der Waals surface area contributed by atoms with Crippen molar-refractivity contribution in [2.24, 2.45) is 5.92 Å². The highest BCUT2D eigenvalue weighted by molar-refractivity contribution is 5.94. The molecule has 2 aliphatic heterocycles. The maximum Gasteiger partial charge on any atom is 0.255 e. The summed E-state index contributed by atoms with van der Waals surface area (Å²) in [5.41, 5.74) is 2.44. The van der Waals surface area contributed by atoms with E-state index in [1.807, 2.05) is 29.2 Å². The molecule has 0 N–H and O–H groups in total. The van der Waals surface area contributed by atoms with E-state index in [1.165, 1.54) is 6.07 Å². The molecular formula is C22H26FN3O2. The predicted molar refractivity (Wildman–Crippen MR) is 106 cm³/mol. The van der Waals surface area contributed by atoms with Crippen molar-refractivity contribution in [3.63, 3.8) is 0 Å². The number of likely N-dealkylation sites (tertiary alicyclic amines) is 1. The van der Waals surface area contributed by atoms with Crippen LogP contribution in [0.4, 0.5) is 10.2 Å². The van der Waals surface area contributed by atoms with Gasteiger partial charge in [-0.3, -0.25) is 4.79 Å². The molecule has 5 nitrogen and oxygen atoms in total. The molecule has 6 heteroatoms. The maximum absolute atomic E-state index is 13.4. The van der Waals surface area contributed by atoms with Crippen molar-refractivity contribution in [1.82, 2.24) is 9.88 Å². The summed E-state index contributed by atoms with van der Waals surface area (Å²) in [6.07, 6.45) is 3.53. The molecule has 28 heavy (non-hydrogen) atoms. The van der Waals surface area contributed by atoms with Crippen molar-refractivity contribution < 1.29 is 13.9 Å². The van der Waals surface area contributed by atoms with Gasteiger partial charge < -0.3 is 14.5 Å². The Bertz CT molecular complexity index is 834. The topological polar surface area (TPSA) is 45.7 Å². The number of anilines is 1. The fourth-order valence-electron chi connectivity index (χ4n) is 4.03. The van der Waals surface area contributed by atoms with Crippen molar-refractivity contribution >= 4 is 11.7 Å². The van der Waals surface area contributed by atoms with E-state index < -0.39 is 0 Å². The third-order valence-electron chi connectivity index (χ3n) is 5.65. The lowest BCUT2D eigenvalue weighted by Crippen LogP contribution is -2.36. The number of carbonyl (C=O) groups is 1. The molecule has 2 fully saturated rings. The summed E-state index contributed by atoms with van der Waals surface area (Å²) in [7, 11) is 0. The monoisotopic (exact) mass is 383 g/mol. The van der Waals surface area contributed by atoms with Crippen molar-refractivity contribution in [2.45, 2.75) is 19.8 Å². The molecular weight excluding hydrogens is 357 g/mol. The lowest BCUT2D eigenvalue weighted by Gasteiger charge is -2.27. The second kappa shape index (κ2) is 8.27. The largest absolute Gasteiger partial charge is 0.378 e. The minimum Gasteiger partial charge on any atom is -0.378 e. The number of morpholine rings is 1. The van der Waals surface area contributed by atoms with Gasteiger partial charge in [-0.15, -0.1) is 0 Å². The third kappa shape index (κ3) is 4.17. The van der Waals surface area contributed by atoms with Crippen molar-refractivity contribution in [1.29, 1.82) is 0 Å². The Morgan fingerprint density at radius 1 is 1.21 bits per heavy atom. The number of ether oxygens (including phenoxy) is 1. The minimum absolute atomic E-state index is 0.0406. The summed E-state index contributed by atoms with van der Waals surface area (Å²) in [6.45, 7) is 6.37. The van der Waals surface area contributed by atoms with Crippen LogP contribution in [0, 0.1) is 18.7 Å². The average molecular weight is 383 g/mol. The van der Waals surface area contributed by atoms with Crippen LogP contribution in [0.15, 0.2) is 36.5 Å². The molecule has 1 unspecified atom stereocenters. The zero-order chi connectivity index (χ0) is 19.5. The van der Waals surface area contributed by atoms with Gasteiger partial charge in [0.05, 0.1) is 18.8 Å². The number of rotatable bonds is 4. The van der Waals surface area contributed by atoms with Gasteiger partial charge >= 0.3 is 0 Å². The van der Waals surface area contributed by atoms with Gasteiger partial charge in [0.15, 0.2) is 0 Å². The zero-order valence-corrected chi connectivity index (χ0v) is 16.2. The maximum atomic E-state index is 13.4. The van der Waals surface area contributed by atoms with Crippen LogP contribution in [0.1, 0.15) is 27.9 Å². The molecule has 1 aromatic carbocycles. The summed E-state index contributed by atoms with van der Waals surface area (Å²) in [6, 6.07) is 9.09. The van der Waals surface area contributed by atoms with E-state index in [0.717, 1.165) is 50.4 Å². The number of benzene rings is 1. The van der Waals surface area contributed by atoms with Gasteiger partial charge in [-0.1, -0.05) is 12.1 Å². The number of pyridine rings is 1. The van der Waals surface area contributed by atoms with Crippen molar-refractivity contribution in [3.05, 3.63) is 59.0 Å². The second-order valence-corrected chi connectivity index (χ2v) is 7.70. The van der Waals surface area contributed by atoms with Gasteiger partial charge in [-0.25, -0.2) is 9.37 Å². The number of nitrogens with zero attached hydrogens (tertiary/aromatic N) is 3. The first-order valence-electron chi connectivity index (χ1n) is 9.93. The van der Waals surface area contributed by atoms with Gasteiger partial charge in [-0.05, 0) is 55.0 Å².